The van der Waals surface area contributed by atoms with Gasteiger partial charge in [0.05, 0.1) is 48.7 Å². The third-order valence-corrected chi connectivity index (χ3v) is 7.78. The fourth-order valence-corrected chi connectivity index (χ4v) is 5.30. The first kappa shape index (κ1) is 27.7. The number of carbonyl (C=O) groups excluding carboxylic acids is 1. The second kappa shape index (κ2) is 12.6. The average Bonchev–Trinajstić information content (AvgIpc) is 3.68. The van der Waals surface area contributed by atoms with Gasteiger partial charge in [0.25, 0.3) is 0 Å². The van der Waals surface area contributed by atoms with Crippen molar-refractivity contribution in [3.63, 3.8) is 0 Å². The maximum Gasteiger partial charge on any atom is 0.227 e. The Morgan fingerprint density at radius 2 is 1.85 bits per heavy atom. The van der Waals surface area contributed by atoms with Gasteiger partial charge in [-0.2, -0.15) is 0 Å². The second-order valence-electron chi connectivity index (χ2n) is 10.8. The first-order valence-corrected chi connectivity index (χ1v) is 14.3. The predicted molar refractivity (Wildman–Crippen MR) is 150 cm³/mol. The number of likely N-dealkylation sites (N-methyl/N-ethyl adjacent to an activating group) is 1. The van der Waals surface area contributed by atoms with Gasteiger partial charge in [-0.15, -0.1) is 0 Å². The summed E-state index contributed by atoms with van der Waals surface area (Å²) < 4.78 is 31.1. The number of nitrogens with zero attached hydrogens (tertiary/aromatic N) is 5. The largest absolute Gasteiger partial charge is 0.376 e. The summed E-state index contributed by atoms with van der Waals surface area (Å²) in [7, 11) is 2.11. The van der Waals surface area contributed by atoms with E-state index in [4.69, 9.17) is 24.2 Å². The van der Waals surface area contributed by atoms with Crippen molar-refractivity contribution in [2.24, 2.45) is 5.92 Å². The van der Waals surface area contributed by atoms with Crippen LogP contribution in [0, 0.1) is 11.7 Å². The quantitative estimate of drug-likeness (QED) is 0.424. The molecule has 0 spiro atoms. The van der Waals surface area contributed by atoms with Crippen LogP contribution in [-0.4, -0.2) is 103 Å². The molecule has 3 fully saturated rings. The topological polar surface area (TPSA) is 118 Å². The minimum absolute atomic E-state index is 0.0854. The molecule has 1 unspecified atom stereocenters. The van der Waals surface area contributed by atoms with Gasteiger partial charge in [-0.05, 0) is 50.2 Å². The highest BCUT2D eigenvalue weighted by molar-refractivity contribution is 5.79. The molecule has 218 valence electrons. The molecule has 1 amide bonds. The lowest BCUT2D eigenvalue weighted by molar-refractivity contribution is -0.201. The zero-order valence-corrected chi connectivity index (χ0v) is 23.2. The number of carbonyl (C=O) groups is 1. The van der Waals surface area contributed by atoms with Gasteiger partial charge >= 0.3 is 0 Å². The van der Waals surface area contributed by atoms with Crippen molar-refractivity contribution in [2.75, 3.05) is 64.5 Å². The number of benzene rings is 1. The van der Waals surface area contributed by atoms with Gasteiger partial charge < -0.3 is 34.3 Å². The molecule has 3 aliphatic heterocycles. The number of ether oxygens (including phenoxy) is 3. The summed E-state index contributed by atoms with van der Waals surface area (Å²) in [6.45, 7) is 5.39. The van der Waals surface area contributed by atoms with E-state index in [0.717, 1.165) is 51.2 Å². The summed E-state index contributed by atoms with van der Waals surface area (Å²) in [5, 5.41) is 2.95. The van der Waals surface area contributed by atoms with E-state index in [1.54, 1.807) is 18.3 Å². The molecule has 0 radical (unpaired) electrons. The third kappa shape index (κ3) is 6.72. The summed E-state index contributed by atoms with van der Waals surface area (Å²) in [5.41, 5.74) is 2.83. The molecular formula is C29H36FN7O4. The smallest absolute Gasteiger partial charge is 0.227 e. The fourth-order valence-electron chi connectivity index (χ4n) is 5.30. The number of anilines is 1. The van der Waals surface area contributed by atoms with E-state index >= 15 is 0 Å². The van der Waals surface area contributed by atoms with Gasteiger partial charge in [-0.1, -0.05) is 0 Å². The number of imidazole rings is 1. The zero-order valence-electron chi connectivity index (χ0n) is 23.2. The van der Waals surface area contributed by atoms with Gasteiger partial charge in [-0.25, -0.2) is 19.3 Å². The molecule has 0 saturated carbocycles. The number of amides is 1. The van der Waals surface area contributed by atoms with E-state index in [1.807, 2.05) is 6.07 Å². The standard InChI is InChI=1S/C29H36FN7O4/c1-36-10-12-37(13-11-36)29-31-9-8-23(33-29)27-26(19-4-6-21(30)7-5-19)34-24(35-27)15-25-40-17-20(18-41-25)28(38)32-16-22-3-2-14-39-22/h4-9,20,22,25H,2-3,10-18H2,1H3,(H,32,38)(H,34,35). The second-order valence-corrected chi connectivity index (χ2v) is 10.8. The van der Waals surface area contributed by atoms with Crippen LogP contribution in [0.4, 0.5) is 10.3 Å². The lowest BCUT2D eigenvalue weighted by Crippen LogP contribution is -2.45. The van der Waals surface area contributed by atoms with E-state index in [1.165, 1.54) is 12.1 Å². The highest BCUT2D eigenvalue weighted by atomic mass is 19.1. The van der Waals surface area contributed by atoms with Gasteiger partial charge in [0, 0.05) is 51.1 Å². The molecule has 3 saturated heterocycles. The van der Waals surface area contributed by atoms with E-state index in [-0.39, 0.29) is 37.0 Å². The van der Waals surface area contributed by atoms with Crippen molar-refractivity contribution in [2.45, 2.75) is 31.7 Å². The number of H-pyrrole nitrogens is 1. The van der Waals surface area contributed by atoms with Gasteiger partial charge in [0.15, 0.2) is 6.29 Å². The average molecular weight is 566 g/mol. The molecule has 0 aliphatic carbocycles. The highest BCUT2D eigenvalue weighted by Gasteiger charge is 2.30. The van der Waals surface area contributed by atoms with E-state index in [0.29, 0.717) is 41.8 Å². The number of hydrogen-bond donors (Lipinski definition) is 2. The first-order chi connectivity index (χ1) is 20.0. The number of rotatable bonds is 8. The Hall–Kier alpha value is -3.45. The molecule has 0 bridgehead atoms. The monoisotopic (exact) mass is 565 g/mol. The third-order valence-electron chi connectivity index (χ3n) is 7.78. The summed E-state index contributed by atoms with van der Waals surface area (Å²) in [5.74, 6) is 0.537. The first-order valence-electron chi connectivity index (χ1n) is 14.3. The van der Waals surface area contributed by atoms with Crippen LogP contribution in [0.15, 0.2) is 36.5 Å². The number of aromatic nitrogens is 4. The molecule has 2 N–H and O–H groups in total. The molecule has 2 aromatic heterocycles. The van der Waals surface area contributed by atoms with Gasteiger partial charge in [-0.3, -0.25) is 4.79 Å². The summed E-state index contributed by atoms with van der Waals surface area (Å²) in [6, 6.07) is 8.09. The summed E-state index contributed by atoms with van der Waals surface area (Å²) >= 11 is 0. The van der Waals surface area contributed by atoms with Crippen LogP contribution in [-0.2, 0) is 25.4 Å². The molecule has 5 heterocycles. The Kier molecular flexibility index (Phi) is 8.51. The van der Waals surface area contributed by atoms with Crippen molar-refractivity contribution in [1.29, 1.82) is 0 Å². The minimum Gasteiger partial charge on any atom is -0.376 e. The normalized spacial score (nSPS) is 23.6. The van der Waals surface area contributed by atoms with Crippen LogP contribution < -0.4 is 10.2 Å². The minimum atomic E-state index is -0.552. The lowest BCUT2D eigenvalue weighted by atomic mass is 10.1. The van der Waals surface area contributed by atoms with E-state index < -0.39 is 6.29 Å². The molecule has 12 heteroatoms. The number of piperazine rings is 1. The predicted octanol–water partition coefficient (Wildman–Crippen LogP) is 2.25. The number of halogens is 1. The fraction of sp³-hybridized carbons (Fsp3) is 0.517. The van der Waals surface area contributed by atoms with Gasteiger partial charge in [0.2, 0.25) is 11.9 Å². The van der Waals surface area contributed by atoms with Crippen LogP contribution in [0.3, 0.4) is 0 Å². The van der Waals surface area contributed by atoms with Crippen molar-refractivity contribution < 1.29 is 23.4 Å². The molecule has 1 aromatic carbocycles. The summed E-state index contributed by atoms with van der Waals surface area (Å²) in [4.78, 5) is 34.7. The number of hydrogen-bond acceptors (Lipinski definition) is 9. The van der Waals surface area contributed by atoms with Crippen molar-refractivity contribution in [3.05, 3.63) is 48.2 Å². The van der Waals surface area contributed by atoms with E-state index in [9.17, 15) is 9.18 Å². The van der Waals surface area contributed by atoms with Crippen LogP contribution in [0.2, 0.25) is 0 Å². The Morgan fingerprint density at radius 1 is 1.07 bits per heavy atom. The maximum absolute atomic E-state index is 13.7. The molecule has 6 rings (SSSR count). The van der Waals surface area contributed by atoms with Crippen LogP contribution in [0.1, 0.15) is 18.7 Å². The molecule has 41 heavy (non-hydrogen) atoms. The van der Waals surface area contributed by atoms with Crippen LogP contribution in [0.5, 0.6) is 0 Å². The number of nitrogens with one attached hydrogen (secondary N) is 2. The highest BCUT2D eigenvalue weighted by Crippen LogP contribution is 2.31. The van der Waals surface area contributed by atoms with Gasteiger partial charge in [0.1, 0.15) is 11.6 Å². The SMILES string of the molecule is CN1CCN(c2nccc(-c3[nH]c(CC4OCC(C(=O)NCC5CCCO5)CO4)nc3-c3ccc(F)cc3)n2)CC1. The summed E-state index contributed by atoms with van der Waals surface area (Å²) in [6.07, 6.45) is 3.65. The van der Waals surface area contributed by atoms with Crippen molar-refractivity contribution in [3.8, 4) is 22.6 Å². The van der Waals surface area contributed by atoms with Crippen LogP contribution in [0.25, 0.3) is 22.6 Å². The van der Waals surface area contributed by atoms with Crippen molar-refractivity contribution >= 4 is 11.9 Å². The number of aromatic amines is 1. The Labute approximate surface area is 238 Å². The molecule has 1 atom stereocenters. The van der Waals surface area contributed by atoms with Crippen LogP contribution >= 0.6 is 0 Å². The molecule has 11 nitrogen and oxygen atoms in total. The molecule has 3 aromatic rings. The molecule has 3 aliphatic rings. The maximum atomic E-state index is 13.7. The van der Waals surface area contributed by atoms with E-state index in [2.05, 4.69) is 32.1 Å². The zero-order chi connectivity index (χ0) is 28.2. The Bertz CT molecular complexity index is 1310. The van der Waals surface area contributed by atoms with Crippen molar-refractivity contribution in [1.82, 2.24) is 30.2 Å². The lowest BCUT2D eigenvalue weighted by Gasteiger charge is -2.32. The molecular weight excluding hydrogens is 529 g/mol. The Balaban J connectivity index is 1.15. The Morgan fingerprint density at radius 3 is 2.59 bits per heavy atom.